The molecule has 0 unspecified atom stereocenters. The van der Waals surface area contributed by atoms with E-state index in [2.05, 4.69) is 15.5 Å². The van der Waals surface area contributed by atoms with E-state index in [-0.39, 0.29) is 23.3 Å². The van der Waals surface area contributed by atoms with Crippen molar-refractivity contribution in [2.45, 2.75) is 23.8 Å². The summed E-state index contributed by atoms with van der Waals surface area (Å²) in [7, 11) is -3.18. The maximum atomic E-state index is 11.4. The molecule has 0 amide bonds. The van der Waals surface area contributed by atoms with Gasteiger partial charge in [0.25, 0.3) is 0 Å². The van der Waals surface area contributed by atoms with Crippen LogP contribution >= 0.6 is 12.4 Å². The van der Waals surface area contributed by atoms with E-state index in [1.54, 1.807) is 24.3 Å². The molecule has 6 nitrogen and oxygen atoms in total. The van der Waals surface area contributed by atoms with Gasteiger partial charge in [0, 0.05) is 11.8 Å². The number of aromatic nitrogens is 2. The predicted molar refractivity (Wildman–Crippen MR) is 80.1 cm³/mol. The van der Waals surface area contributed by atoms with E-state index in [4.69, 9.17) is 4.52 Å². The second-order valence-electron chi connectivity index (χ2n) is 4.90. The Labute approximate surface area is 129 Å². The van der Waals surface area contributed by atoms with Crippen LogP contribution in [0.3, 0.4) is 0 Å². The molecule has 2 aromatic rings. The van der Waals surface area contributed by atoms with Crippen molar-refractivity contribution < 1.29 is 12.9 Å². The summed E-state index contributed by atoms with van der Waals surface area (Å²) in [6.45, 7) is 0.964. The summed E-state index contributed by atoms with van der Waals surface area (Å²) in [6, 6.07) is 6.61. The maximum Gasteiger partial charge on any atom is 0.244 e. The number of sulfone groups is 1. The molecular weight excluding hydrogens is 314 g/mol. The number of hydrogen-bond donors (Lipinski definition) is 1. The van der Waals surface area contributed by atoms with Crippen LogP contribution in [0.25, 0.3) is 11.4 Å². The number of halogens is 1. The van der Waals surface area contributed by atoms with E-state index >= 15 is 0 Å². The molecule has 0 spiro atoms. The van der Waals surface area contributed by atoms with Gasteiger partial charge in [-0.2, -0.15) is 4.98 Å². The molecule has 0 saturated carbocycles. The zero-order valence-electron chi connectivity index (χ0n) is 11.4. The van der Waals surface area contributed by atoms with Crippen LogP contribution in [0.4, 0.5) is 0 Å². The minimum Gasteiger partial charge on any atom is -0.337 e. The van der Waals surface area contributed by atoms with Gasteiger partial charge >= 0.3 is 0 Å². The van der Waals surface area contributed by atoms with Crippen molar-refractivity contribution in [2.24, 2.45) is 0 Å². The van der Waals surface area contributed by atoms with Gasteiger partial charge in [-0.05, 0) is 43.7 Å². The van der Waals surface area contributed by atoms with Crippen molar-refractivity contribution >= 4 is 22.2 Å². The largest absolute Gasteiger partial charge is 0.337 e. The quantitative estimate of drug-likeness (QED) is 0.926. The lowest BCUT2D eigenvalue weighted by Gasteiger charge is -2.01. The highest BCUT2D eigenvalue weighted by molar-refractivity contribution is 7.90. The van der Waals surface area contributed by atoms with E-state index in [1.807, 2.05) is 0 Å². The Hall–Kier alpha value is -1.44. The fourth-order valence-electron chi connectivity index (χ4n) is 2.24. The molecule has 1 aromatic carbocycles. The molecule has 3 rings (SSSR count). The lowest BCUT2D eigenvalue weighted by atomic mass is 10.2. The summed E-state index contributed by atoms with van der Waals surface area (Å²) in [5, 5.41) is 7.24. The third-order valence-electron chi connectivity index (χ3n) is 3.34. The topological polar surface area (TPSA) is 85.1 Å². The molecule has 114 valence electrons. The number of nitrogens with zero attached hydrogens (tertiary/aromatic N) is 2. The Morgan fingerprint density at radius 3 is 2.57 bits per heavy atom. The Morgan fingerprint density at radius 1 is 1.29 bits per heavy atom. The van der Waals surface area contributed by atoms with Crippen LogP contribution in [0, 0.1) is 0 Å². The van der Waals surface area contributed by atoms with Gasteiger partial charge in [-0.15, -0.1) is 12.4 Å². The van der Waals surface area contributed by atoms with Crippen molar-refractivity contribution in [3.63, 3.8) is 0 Å². The second-order valence-corrected chi connectivity index (χ2v) is 6.92. The molecule has 8 heteroatoms. The first-order chi connectivity index (χ1) is 9.54. The average molecular weight is 330 g/mol. The van der Waals surface area contributed by atoms with Crippen LogP contribution in [0.5, 0.6) is 0 Å². The number of benzene rings is 1. The van der Waals surface area contributed by atoms with Crippen molar-refractivity contribution in [1.29, 1.82) is 0 Å². The third-order valence-corrected chi connectivity index (χ3v) is 4.47. The van der Waals surface area contributed by atoms with Gasteiger partial charge < -0.3 is 9.84 Å². The van der Waals surface area contributed by atoms with Gasteiger partial charge in [0.05, 0.1) is 10.9 Å². The summed E-state index contributed by atoms with van der Waals surface area (Å²) >= 11 is 0. The smallest absolute Gasteiger partial charge is 0.244 e. The third kappa shape index (κ3) is 3.42. The number of hydrogen-bond acceptors (Lipinski definition) is 6. The van der Waals surface area contributed by atoms with Gasteiger partial charge in [-0.25, -0.2) is 8.42 Å². The molecular formula is C13H16ClN3O3S. The van der Waals surface area contributed by atoms with Crippen LogP contribution in [0.1, 0.15) is 24.8 Å². The fourth-order valence-corrected chi connectivity index (χ4v) is 2.87. The molecule has 2 heterocycles. The zero-order valence-corrected chi connectivity index (χ0v) is 13.1. The maximum absolute atomic E-state index is 11.4. The van der Waals surface area contributed by atoms with Gasteiger partial charge in [0.1, 0.15) is 0 Å². The molecule has 0 bridgehead atoms. The summed E-state index contributed by atoms with van der Waals surface area (Å²) < 4.78 is 28.1. The summed E-state index contributed by atoms with van der Waals surface area (Å²) in [4.78, 5) is 4.64. The average Bonchev–Trinajstić information content (AvgIpc) is 3.09. The molecule has 1 aliphatic rings. The standard InChI is InChI=1S/C13H15N3O3S.ClH/c1-20(17,18)10-6-4-9(5-7-10)12-15-13(19-16-12)11-3-2-8-14-11;/h4-7,11,14H,2-3,8H2,1H3;1H/t11-;/m1./s1. The normalized spacial score (nSPS) is 18.4. The van der Waals surface area contributed by atoms with Gasteiger partial charge in [-0.3, -0.25) is 0 Å². The Kier molecular flexibility index (Phi) is 4.65. The molecule has 1 atom stereocenters. The molecule has 1 fully saturated rings. The van der Waals surface area contributed by atoms with Gasteiger partial charge in [0.2, 0.25) is 11.7 Å². The van der Waals surface area contributed by atoms with Crippen LogP contribution in [-0.2, 0) is 9.84 Å². The van der Waals surface area contributed by atoms with Crippen molar-refractivity contribution in [3.05, 3.63) is 30.2 Å². The van der Waals surface area contributed by atoms with Crippen molar-refractivity contribution in [2.75, 3.05) is 12.8 Å². The first-order valence-corrected chi connectivity index (χ1v) is 8.31. The van der Waals surface area contributed by atoms with Gasteiger partial charge in [-0.1, -0.05) is 5.16 Å². The Balaban J connectivity index is 0.00000161. The highest BCUT2D eigenvalue weighted by Gasteiger charge is 2.22. The SMILES string of the molecule is CS(=O)(=O)c1ccc(-c2noc([C@H]3CCCN3)n2)cc1.Cl. The first kappa shape index (κ1) is 15.9. The molecule has 0 radical (unpaired) electrons. The van der Waals surface area contributed by atoms with Crippen LogP contribution < -0.4 is 5.32 Å². The van der Waals surface area contributed by atoms with E-state index in [0.29, 0.717) is 11.7 Å². The number of rotatable bonds is 3. The zero-order chi connectivity index (χ0) is 14.2. The summed E-state index contributed by atoms with van der Waals surface area (Å²) in [6.07, 6.45) is 3.28. The van der Waals surface area contributed by atoms with Crippen molar-refractivity contribution in [1.82, 2.24) is 15.5 Å². The summed E-state index contributed by atoms with van der Waals surface area (Å²) in [5.74, 6) is 1.07. The lowest BCUT2D eigenvalue weighted by molar-refractivity contribution is 0.345. The minimum atomic E-state index is -3.18. The van der Waals surface area contributed by atoms with E-state index in [1.165, 1.54) is 6.26 Å². The Bertz CT molecular complexity index is 707. The summed E-state index contributed by atoms with van der Waals surface area (Å²) in [5.41, 5.74) is 0.741. The predicted octanol–water partition coefficient (Wildman–Crippen LogP) is 1.99. The van der Waals surface area contributed by atoms with Crippen LogP contribution in [0.15, 0.2) is 33.7 Å². The number of nitrogens with one attached hydrogen (secondary N) is 1. The van der Waals surface area contributed by atoms with Crippen molar-refractivity contribution in [3.8, 4) is 11.4 Å². The minimum absolute atomic E-state index is 0. The highest BCUT2D eigenvalue weighted by Crippen LogP contribution is 2.24. The molecule has 21 heavy (non-hydrogen) atoms. The molecule has 1 aromatic heterocycles. The van der Waals surface area contributed by atoms with Crippen LogP contribution in [-0.4, -0.2) is 31.4 Å². The fraction of sp³-hybridized carbons (Fsp3) is 0.385. The Morgan fingerprint density at radius 2 is 2.00 bits per heavy atom. The van der Waals surface area contributed by atoms with E-state index < -0.39 is 9.84 Å². The molecule has 1 aliphatic heterocycles. The monoisotopic (exact) mass is 329 g/mol. The lowest BCUT2D eigenvalue weighted by Crippen LogP contribution is -2.12. The highest BCUT2D eigenvalue weighted by atomic mass is 35.5. The molecule has 1 N–H and O–H groups in total. The van der Waals surface area contributed by atoms with Gasteiger partial charge in [0.15, 0.2) is 9.84 Å². The van der Waals surface area contributed by atoms with E-state index in [9.17, 15) is 8.42 Å². The van der Waals surface area contributed by atoms with Crippen LogP contribution in [0.2, 0.25) is 0 Å². The first-order valence-electron chi connectivity index (χ1n) is 6.41. The second kappa shape index (κ2) is 6.13. The molecule has 0 aliphatic carbocycles. The van der Waals surface area contributed by atoms with E-state index in [0.717, 1.165) is 24.9 Å². The molecule has 1 saturated heterocycles.